The van der Waals surface area contributed by atoms with E-state index in [0.717, 1.165) is 17.0 Å². The molecule has 0 aliphatic heterocycles. The van der Waals surface area contributed by atoms with E-state index in [1.807, 2.05) is 18.4 Å². The molecule has 0 atom stereocenters. The van der Waals surface area contributed by atoms with Crippen molar-refractivity contribution in [1.29, 1.82) is 0 Å². The third-order valence-corrected chi connectivity index (χ3v) is 4.62. The van der Waals surface area contributed by atoms with Gasteiger partial charge in [-0.3, -0.25) is 4.79 Å². The Labute approximate surface area is 157 Å². The molecule has 2 heterocycles. The summed E-state index contributed by atoms with van der Waals surface area (Å²) in [5.41, 5.74) is 3.55. The summed E-state index contributed by atoms with van der Waals surface area (Å²) in [7, 11) is 1.74. The Hall–Kier alpha value is -3.15. The van der Waals surface area contributed by atoms with Crippen LogP contribution in [0.4, 0.5) is 4.39 Å². The number of ketones is 1. The Kier molecular flexibility index (Phi) is 5.26. The number of esters is 1. The van der Waals surface area contributed by atoms with Crippen molar-refractivity contribution in [2.75, 3.05) is 6.61 Å². The number of nitrogens with zero attached hydrogens (tertiary/aromatic N) is 2. The van der Waals surface area contributed by atoms with E-state index in [1.54, 1.807) is 48.1 Å². The maximum absolute atomic E-state index is 13.1. The van der Waals surface area contributed by atoms with E-state index < -0.39 is 5.97 Å². The number of halogens is 1. The molecular formula is C21H21FN2O3. The molecule has 5 nitrogen and oxygen atoms in total. The second-order valence-corrected chi connectivity index (χ2v) is 6.50. The minimum Gasteiger partial charge on any atom is -0.453 e. The van der Waals surface area contributed by atoms with Crippen molar-refractivity contribution in [3.63, 3.8) is 0 Å². The van der Waals surface area contributed by atoms with Crippen molar-refractivity contribution < 1.29 is 18.7 Å². The van der Waals surface area contributed by atoms with E-state index in [2.05, 4.69) is 0 Å². The number of aromatic nitrogens is 2. The number of carbonyl (C=O) groups is 2. The fraction of sp³-hybridized carbons (Fsp3) is 0.238. The Morgan fingerprint density at radius 2 is 1.81 bits per heavy atom. The Balaban J connectivity index is 1.71. The summed E-state index contributed by atoms with van der Waals surface area (Å²) in [5, 5.41) is 0. The fourth-order valence-corrected chi connectivity index (χ4v) is 3.06. The van der Waals surface area contributed by atoms with Crippen LogP contribution in [-0.2, 0) is 18.3 Å². The molecule has 1 aromatic carbocycles. The lowest BCUT2D eigenvalue weighted by molar-refractivity contribution is 0.0465. The Bertz CT molecular complexity index is 984. The van der Waals surface area contributed by atoms with Gasteiger partial charge in [0.15, 0.2) is 6.61 Å². The summed E-state index contributed by atoms with van der Waals surface area (Å²) in [6.07, 6.45) is 1.74. The molecule has 2 aromatic heterocycles. The molecule has 3 aromatic rings. The minimum absolute atomic E-state index is 0.254. The molecule has 0 saturated heterocycles. The summed E-state index contributed by atoms with van der Waals surface area (Å²) in [4.78, 5) is 24.6. The Morgan fingerprint density at radius 3 is 2.44 bits per heavy atom. The molecule has 0 unspecified atom stereocenters. The second-order valence-electron chi connectivity index (χ2n) is 6.50. The van der Waals surface area contributed by atoms with Crippen LogP contribution in [-0.4, -0.2) is 27.5 Å². The number of carbonyl (C=O) groups excluding carboxylic acids is 2. The van der Waals surface area contributed by atoms with E-state index in [1.165, 1.54) is 12.1 Å². The fourth-order valence-electron chi connectivity index (χ4n) is 3.06. The summed E-state index contributed by atoms with van der Waals surface area (Å²) in [6, 6.07) is 11.4. The van der Waals surface area contributed by atoms with Gasteiger partial charge in [-0.15, -0.1) is 0 Å². The van der Waals surface area contributed by atoms with E-state index in [4.69, 9.17) is 4.74 Å². The van der Waals surface area contributed by atoms with Gasteiger partial charge in [0.1, 0.15) is 11.5 Å². The summed E-state index contributed by atoms with van der Waals surface area (Å²) in [5.74, 6) is -1.07. The molecule has 0 aliphatic carbocycles. The average molecular weight is 368 g/mol. The number of hydrogen-bond donors (Lipinski definition) is 0. The summed E-state index contributed by atoms with van der Waals surface area (Å²) >= 11 is 0. The van der Waals surface area contributed by atoms with Gasteiger partial charge < -0.3 is 13.9 Å². The average Bonchev–Trinajstić information content (AvgIpc) is 3.19. The molecule has 0 spiro atoms. The molecular weight excluding hydrogens is 347 g/mol. The second kappa shape index (κ2) is 7.61. The van der Waals surface area contributed by atoms with Crippen LogP contribution in [0, 0.1) is 19.7 Å². The van der Waals surface area contributed by atoms with E-state index in [-0.39, 0.29) is 18.2 Å². The van der Waals surface area contributed by atoms with Crippen LogP contribution in [0.2, 0.25) is 0 Å². The standard InChI is InChI=1S/C21H21FN2O3/c1-14-11-18(15(2)24(14)12-16-6-8-17(22)9-7-16)20(25)13-27-21(26)19-5-4-10-23(19)3/h4-11H,12-13H2,1-3H3. The third kappa shape index (κ3) is 4.00. The largest absolute Gasteiger partial charge is 0.453 e. The summed E-state index contributed by atoms with van der Waals surface area (Å²) < 4.78 is 21.9. The van der Waals surface area contributed by atoms with Crippen molar-refractivity contribution in [2.24, 2.45) is 7.05 Å². The first kappa shape index (κ1) is 18.6. The number of rotatable bonds is 6. The lowest BCUT2D eigenvalue weighted by atomic mass is 10.1. The van der Waals surface area contributed by atoms with Crippen LogP contribution in [0.5, 0.6) is 0 Å². The number of Topliss-reactive ketones (excluding diaryl/α,β-unsaturated/α-hetero) is 1. The molecule has 27 heavy (non-hydrogen) atoms. The van der Waals surface area contributed by atoms with E-state index >= 15 is 0 Å². The highest BCUT2D eigenvalue weighted by Gasteiger charge is 2.18. The lowest BCUT2D eigenvalue weighted by Crippen LogP contribution is -2.17. The van der Waals surface area contributed by atoms with Crippen LogP contribution < -0.4 is 0 Å². The first-order valence-electron chi connectivity index (χ1n) is 8.59. The molecule has 6 heteroatoms. The minimum atomic E-state index is -0.532. The lowest BCUT2D eigenvalue weighted by Gasteiger charge is -2.10. The smallest absolute Gasteiger partial charge is 0.355 e. The maximum Gasteiger partial charge on any atom is 0.355 e. The first-order chi connectivity index (χ1) is 12.9. The first-order valence-corrected chi connectivity index (χ1v) is 8.59. The molecule has 0 radical (unpaired) electrons. The summed E-state index contributed by atoms with van der Waals surface area (Å²) in [6.45, 7) is 3.98. The highest BCUT2D eigenvalue weighted by molar-refractivity contribution is 6.00. The highest BCUT2D eigenvalue weighted by Crippen LogP contribution is 2.18. The number of hydrogen-bond acceptors (Lipinski definition) is 3. The SMILES string of the molecule is Cc1cc(C(=O)COC(=O)c2cccn2C)c(C)n1Cc1ccc(F)cc1. The van der Waals surface area contributed by atoms with E-state index in [0.29, 0.717) is 17.8 Å². The van der Waals surface area contributed by atoms with Gasteiger partial charge in [0.05, 0.1) is 0 Å². The third-order valence-electron chi connectivity index (χ3n) is 4.62. The van der Waals surface area contributed by atoms with Crippen LogP contribution in [0.15, 0.2) is 48.7 Å². The van der Waals surface area contributed by atoms with Crippen molar-refractivity contribution in [1.82, 2.24) is 9.13 Å². The molecule has 0 N–H and O–H groups in total. The van der Waals surface area contributed by atoms with Crippen LogP contribution in [0.3, 0.4) is 0 Å². The van der Waals surface area contributed by atoms with Crippen molar-refractivity contribution >= 4 is 11.8 Å². The molecule has 0 fully saturated rings. The van der Waals surface area contributed by atoms with Crippen LogP contribution in [0.1, 0.15) is 37.8 Å². The molecule has 140 valence electrons. The van der Waals surface area contributed by atoms with Crippen molar-refractivity contribution in [3.05, 3.63) is 82.7 Å². The number of aryl methyl sites for hydroxylation is 2. The van der Waals surface area contributed by atoms with Gasteiger partial charge in [-0.2, -0.15) is 0 Å². The van der Waals surface area contributed by atoms with Crippen LogP contribution in [0.25, 0.3) is 0 Å². The predicted molar refractivity (Wildman–Crippen MR) is 99.4 cm³/mol. The monoisotopic (exact) mass is 368 g/mol. The van der Waals surface area contributed by atoms with Gasteiger partial charge in [-0.25, -0.2) is 9.18 Å². The van der Waals surface area contributed by atoms with Crippen LogP contribution >= 0.6 is 0 Å². The number of ether oxygens (including phenoxy) is 1. The maximum atomic E-state index is 13.1. The molecule has 0 saturated carbocycles. The van der Waals surface area contributed by atoms with Crippen molar-refractivity contribution in [3.8, 4) is 0 Å². The molecule has 0 bridgehead atoms. The Morgan fingerprint density at radius 1 is 1.11 bits per heavy atom. The molecule has 0 amide bonds. The van der Waals surface area contributed by atoms with Gasteiger partial charge in [0, 0.05) is 36.7 Å². The van der Waals surface area contributed by atoms with Gasteiger partial charge in [-0.1, -0.05) is 12.1 Å². The predicted octanol–water partition coefficient (Wildman–Crippen LogP) is 3.67. The zero-order valence-corrected chi connectivity index (χ0v) is 15.5. The van der Waals surface area contributed by atoms with E-state index in [9.17, 15) is 14.0 Å². The normalized spacial score (nSPS) is 10.8. The zero-order chi connectivity index (χ0) is 19.6. The zero-order valence-electron chi connectivity index (χ0n) is 15.5. The van der Waals surface area contributed by atoms with Gasteiger partial charge in [0.25, 0.3) is 0 Å². The molecule has 3 rings (SSSR count). The topological polar surface area (TPSA) is 53.2 Å². The number of benzene rings is 1. The highest BCUT2D eigenvalue weighted by atomic mass is 19.1. The van der Waals surface area contributed by atoms with Crippen molar-refractivity contribution in [2.45, 2.75) is 20.4 Å². The quantitative estimate of drug-likeness (QED) is 0.493. The van der Waals surface area contributed by atoms with Gasteiger partial charge >= 0.3 is 5.97 Å². The van der Waals surface area contributed by atoms with Gasteiger partial charge in [-0.05, 0) is 49.7 Å². The molecule has 0 aliphatic rings. The van der Waals surface area contributed by atoms with Gasteiger partial charge in [0.2, 0.25) is 5.78 Å².